The van der Waals surface area contributed by atoms with Crippen molar-refractivity contribution in [1.29, 1.82) is 0 Å². The van der Waals surface area contributed by atoms with Gasteiger partial charge in [-0.3, -0.25) is 0 Å². The van der Waals surface area contributed by atoms with Crippen LogP contribution in [-0.2, 0) is 0 Å². The van der Waals surface area contributed by atoms with Gasteiger partial charge in [0.2, 0.25) is 0 Å². The molecule has 0 heterocycles. The Hall–Kier alpha value is -1.77. The van der Waals surface area contributed by atoms with Gasteiger partial charge in [-0.1, -0.05) is 55.8 Å². The number of rotatable bonds is 7. The number of hydrogen-bond acceptors (Lipinski definition) is 1. The van der Waals surface area contributed by atoms with Crippen LogP contribution < -0.4 is 5.32 Å². The van der Waals surface area contributed by atoms with E-state index in [0.29, 0.717) is 13.1 Å². The number of amides is 2. The minimum Gasteiger partial charge on any atom is -0.331 e. The molecule has 1 unspecified atom stereocenters. The van der Waals surface area contributed by atoms with Crippen molar-refractivity contribution in [1.82, 2.24) is 10.2 Å². The summed E-state index contributed by atoms with van der Waals surface area (Å²) in [5.74, 6) is 0. The van der Waals surface area contributed by atoms with E-state index in [-0.39, 0.29) is 12.1 Å². The van der Waals surface area contributed by atoms with Crippen LogP contribution in [0.2, 0.25) is 0 Å². The highest BCUT2D eigenvalue weighted by atomic mass is 16.2. The van der Waals surface area contributed by atoms with Crippen LogP contribution >= 0.6 is 0 Å². The second kappa shape index (κ2) is 8.41. The summed E-state index contributed by atoms with van der Waals surface area (Å²) in [5, 5.41) is 3.14. The van der Waals surface area contributed by atoms with E-state index in [0.717, 1.165) is 24.0 Å². The molecule has 0 bridgehead atoms. The molecule has 0 saturated heterocycles. The second-order valence-electron chi connectivity index (χ2n) is 5.17. The lowest BCUT2D eigenvalue weighted by Gasteiger charge is -2.26. The van der Waals surface area contributed by atoms with E-state index in [2.05, 4.69) is 31.0 Å². The van der Waals surface area contributed by atoms with E-state index >= 15 is 0 Å². The SMILES string of the molecule is C=C(C)CN(CC)C(=O)NC(CCC)c1ccccc1. The van der Waals surface area contributed by atoms with E-state index in [4.69, 9.17) is 0 Å². The quantitative estimate of drug-likeness (QED) is 0.745. The maximum Gasteiger partial charge on any atom is 0.318 e. The average Bonchev–Trinajstić information content (AvgIpc) is 2.44. The zero-order valence-corrected chi connectivity index (χ0v) is 12.9. The minimum absolute atomic E-state index is 0.0159. The van der Waals surface area contributed by atoms with Crippen LogP contribution in [-0.4, -0.2) is 24.0 Å². The highest BCUT2D eigenvalue weighted by Crippen LogP contribution is 2.18. The fraction of sp³-hybridized carbons (Fsp3) is 0.471. The van der Waals surface area contributed by atoms with Gasteiger partial charge >= 0.3 is 6.03 Å². The van der Waals surface area contributed by atoms with E-state index in [1.165, 1.54) is 0 Å². The molecule has 20 heavy (non-hydrogen) atoms. The molecule has 3 heteroatoms. The summed E-state index contributed by atoms with van der Waals surface area (Å²) in [6, 6.07) is 10.2. The van der Waals surface area contributed by atoms with Crippen LogP contribution in [0, 0.1) is 0 Å². The molecule has 1 aromatic rings. The molecule has 0 spiro atoms. The highest BCUT2D eigenvalue weighted by Gasteiger charge is 2.17. The van der Waals surface area contributed by atoms with Crippen LogP contribution in [0.1, 0.15) is 45.2 Å². The third kappa shape index (κ3) is 5.08. The number of carbonyl (C=O) groups excluding carboxylic acids is 1. The predicted octanol–water partition coefficient (Wildman–Crippen LogP) is 4.14. The first-order valence-corrected chi connectivity index (χ1v) is 7.33. The summed E-state index contributed by atoms with van der Waals surface area (Å²) >= 11 is 0. The molecule has 0 aliphatic heterocycles. The lowest BCUT2D eigenvalue weighted by molar-refractivity contribution is 0.199. The summed E-state index contributed by atoms with van der Waals surface area (Å²) in [5.41, 5.74) is 2.16. The van der Waals surface area contributed by atoms with Gasteiger partial charge in [-0.05, 0) is 25.8 Å². The Bertz CT molecular complexity index is 428. The van der Waals surface area contributed by atoms with Crippen LogP contribution in [0.25, 0.3) is 0 Å². The zero-order valence-electron chi connectivity index (χ0n) is 12.9. The molecular formula is C17H26N2O. The van der Waals surface area contributed by atoms with Gasteiger partial charge in [-0.15, -0.1) is 0 Å². The Kier molecular flexibility index (Phi) is 6.85. The van der Waals surface area contributed by atoms with Crippen LogP contribution in [0.5, 0.6) is 0 Å². The Morgan fingerprint density at radius 1 is 1.30 bits per heavy atom. The summed E-state index contributed by atoms with van der Waals surface area (Å²) in [6.45, 7) is 11.2. The van der Waals surface area contributed by atoms with Crippen LogP contribution in [0.3, 0.4) is 0 Å². The maximum absolute atomic E-state index is 12.3. The highest BCUT2D eigenvalue weighted by molar-refractivity contribution is 5.75. The average molecular weight is 274 g/mol. The minimum atomic E-state index is -0.0159. The van der Waals surface area contributed by atoms with Crippen LogP contribution in [0.4, 0.5) is 4.79 Å². The fourth-order valence-corrected chi connectivity index (χ4v) is 2.19. The van der Waals surface area contributed by atoms with Gasteiger partial charge in [-0.25, -0.2) is 4.79 Å². The maximum atomic E-state index is 12.3. The molecule has 3 nitrogen and oxygen atoms in total. The number of benzene rings is 1. The molecule has 0 aliphatic rings. The topological polar surface area (TPSA) is 32.3 Å². The van der Waals surface area contributed by atoms with E-state index in [9.17, 15) is 4.79 Å². The number of likely N-dealkylation sites (N-methyl/N-ethyl adjacent to an activating group) is 1. The molecule has 1 rings (SSSR count). The smallest absolute Gasteiger partial charge is 0.318 e. The molecule has 0 aliphatic carbocycles. The number of nitrogens with one attached hydrogen (secondary N) is 1. The van der Waals surface area contributed by atoms with Gasteiger partial charge in [0.25, 0.3) is 0 Å². The van der Waals surface area contributed by atoms with Crippen molar-refractivity contribution in [2.75, 3.05) is 13.1 Å². The second-order valence-corrected chi connectivity index (χ2v) is 5.17. The predicted molar refractivity (Wildman–Crippen MR) is 84.7 cm³/mol. The molecule has 110 valence electrons. The standard InChI is InChI=1S/C17H26N2O/c1-5-10-16(15-11-8-7-9-12-15)18-17(20)19(6-2)13-14(3)4/h7-9,11-12,16H,3,5-6,10,13H2,1-2,4H3,(H,18,20). The summed E-state index contributed by atoms with van der Waals surface area (Å²) in [4.78, 5) is 14.1. The number of nitrogens with zero attached hydrogens (tertiary/aromatic N) is 1. The van der Waals surface area contributed by atoms with Crippen molar-refractivity contribution in [2.45, 2.75) is 39.7 Å². The van der Waals surface area contributed by atoms with Crippen molar-refractivity contribution in [3.8, 4) is 0 Å². The molecule has 0 saturated carbocycles. The number of carbonyl (C=O) groups is 1. The van der Waals surface area contributed by atoms with E-state index in [1.54, 1.807) is 4.90 Å². The molecule has 1 N–H and O–H groups in total. The number of urea groups is 1. The lowest BCUT2D eigenvalue weighted by Crippen LogP contribution is -2.42. The van der Waals surface area contributed by atoms with Crippen molar-refractivity contribution in [3.05, 3.63) is 48.0 Å². The molecule has 0 radical (unpaired) electrons. The van der Waals surface area contributed by atoms with Crippen molar-refractivity contribution in [3.63, 3.8) is 0 Å². The van der Waals surface area contributed by atoms with Crippen molar-refractivity contribution < 1.29 is 4.79 Å². The summed E-state index contributed by atoms with van der Waals surface area (Å²) < 4.78 is 0. The Labute approximate surface area is 122 Å². The first kappa shape index (κ1) is 16.3. The zero-order chi connectivity index (χ0) is 15.0. The van der Waals surface area contributed by atoms with Crippen molar-refractivity contribution in [2.24, 2.45) is 0 Å². The first-order chi connectivity index (χ1) is 9.58. The largest absolute Gasteiger partial charge is 0.331 e. The molecule has 0 fully saturated rings. The van der Waals surface area contributed by atoms with Gasteiger partial charge < -0.3 is 10.2 Å². The fourth-order valence-electron chi connectivity index (χ4n) is 2.19. The first-order valence-electron chi connectivity index (χ1n) is 7.33. The lowest BCUT2D eigenvalue weighted by atomic mass is 10.0. The Balaban J connectivity index is 2.74. The van der Waals surface area contributed by atoms with Gasteiger partial charge in [0.1, 0.15) is 0 Å². The molecule has 0 aromatic heterocycles. The number of hydrogen-bond donors (Lipinski definition) is 1. The van der Waals surface area contributed by atoms with Crippen LogP contribution in [0.15, 0.2) is 42.5 Å². The van der Waals surface area contributed by atoms with Gasteiger partial charge in [0, 0.05) is 13.1 Å². The van der Waals surface area contributed by atoms with Gasteiger partial charge in [0.05, 0.1) is 6.04 Å². The van der Waals surface area contributed by atoms with Gasteiger partial charge in [0.15, 0.2) is 0 Å². The summed E-state index contributed by atoms with van der Waals surface area (Å²) in [6.07, 6.45) is 1.98. The van der Waals surface area contributed by atoms with E-state index < -0.39 is 0 Å². The Morgan fingerprint density at radius 3 is 2.45 bits per heavy atom. The monoisotopic (exact) mass is 274 g/mol. The Morgan fingerprint density at radius 2 is 1.95 bits per heavy atom. The van der Waals surface area contributed by atoms with Gasteiger partial charge in [-0.2, -0.15) is 0 Å². The van der Waals surface area contributed by atoms with Crippen molar-refractivity contribution >= 4 is 6.03 Å². The third-order valence-electron chi connectivity index (χ3n) is 3.21. The molecular weight excluding hydrogens is 248 g/mol. The third-order valence-corrected chi connectivity index (χ3v) is 3.21. The summed E-state index contributed by atoms with van der Waals surface area (Å²) in [7, 11) is 0. The molecule has 1 atom stereocenters. The van der Waals surface area contributed by atoms with E-state index in [1.807, 2.05) is 32.0 Å². The molecule has 2 amide bonds. The molecule has 1 aromatic carbocycles. The normalized spacial score (nSPS) is 11.8.